The van der Waals surface area contributed by atoms with E-state index >= 15 is 0 Å². The number of methoxy groups -OCH3 is 1. The van der Waals surface area contributed by atoms with Gasteiger partial charge in [-0.15, -0.1) is 0 Å². The Labute approximate surface area is 138 Å². The van der Waals surface area contributed by atoms with Gasteiger partial charge >= 0.3 is 0 Å². The van der Waals surface area contributed by atoms with E-state index in [0.717, 1.165) is 56.5 Å². The summed E-state index contributed by atoms with van der Waals surface area (Å²) in [5.41, 5.74) is 0.986. The third-order valence-corrected chi connectivity index (χ3v) is 4.31. The van der Waals surface area contributed by atoms with Crippen LogP contribution in [-0.2, 0) is 4.79 Å². The van der Waals surface area contributed by atoms with Crippen LogP contribution < -0.4 is 15.4 Å². The fraction of sp³-hybridized carbons (Fsp3) is 0.611. The van der Waals surface area contributed by atoms with Crippen molar-refractivity contribution in [1.82, 2.24) is 5.32 Å². The molecular weight excluding hydrogens is 292 g/mol. The van der Waals surface area contributed by atoms with E-state index in [4.69, 9.17) is 4.74 Å². The summed E-state index contributed by atoms with van der Waals surface area (Å²) < 4.78 is 5.29. The van der Waals surface area contributed by atoms with E-state index in [0.29, 0.717) is 6.42 Å². The van der Waals surface area contributed by atoms with Crippen molar-refractivity contribution in [3.8, 4) is 5.75 Å². The first-order valence-electron chi connectivity index (χ1n) is 8.53. The molecule has 2 rings (SSSR count). The van der Waals surface area contributed by atoms with Crippen LogP contribution >= 0.6 is 0 Å². The van der Waals surface area contributed by atoms with Crippen LogP contribution in [-0.4, -0.2) is 36.8 Å². The van der Waals surface area contributed by atoms with Gasteiger partial charge in [-0.05, 0) is 50.7 Å². The van der Waals surface area contributed by atoms with Crippen molar-refractivity contribution in [2.75, 3.05) is 19.0 Å². The zero-order chi connectivity index (χ0) is 16.5. The SMILES string of the molecule is COc1ccccc1NCCCCC(=O)NC1CCC(O)CC1. The van der Waals surface area contributed by atoms with Gasteiger partial charge in [0.2, 0.25) is 5.91 Å². The molecule has 1 aliphatic carbocycles. The first kappa shape index (κ1) is 17.6. The number of rotatable bonds is 8. The quantitative estimate of drug-likeness (QED) is 0.644. The highest BCUT2D eigenvalue weighted by molar-refractivity contribution is 5.76. The normalized spacial score (nSPS) is 20.8. The van der Waals surface area contributed by atoms with Crippen molar-refractivity contribution in [3.05, 3.63) is 24.3 Å². The van der Waals surface area contributed by atoms with E-state index in [9.17, 15) is 9.90 Å². The second-order valence-corrected chi connectivity index (χ2v) is 6.16. The zero-order valence-electron chi connectivity index (χ0n) is 13.9. The second kappa shape index (κ2) is 9.40. The van der Waals surface area contributed by atoms with Crippen molar-refractivity contribution < 1.29 is 14.6 Å². The van der Waals surface area contributed by atoms with Gasteiger partial charge in [0.1, 0.15) is 5.75 Å². The maximum atomic E-state index is 11.9. The largest absolute Gasteiger partial charge is 0.495 e. The molecular formula is C18H28N2O3. The van der Waals surface area contributed by atoms with Gasteiger partial charge < -0.3 is 20.5 Å². The molecule has 5 nitrogen and oxygen atoms in total. The van der Waals surface area contributed by atoms with Crippen molar-refractivity contribution in [2.24, 2.45) is 0 Å². The number of unbranched alkanes of at least 4 members (excludes halogenated alkanes) is 1. The molecule has 1 aromatic carbocycles. The molecule has 0 spiro atoms. The molecule has 1 saturated carbocycles. The lowest BCUT2D eigenvalue weighted by Gasteiger charge is -2.26. The molecule has 1 fully saturated rings. The zero-order valence-corrected chi connectivity index (χ0v) is 13.9. The van der Waals surface area contributed by atoms with Gasteiger partial charge in [0.05, 0.1) is 18.9 Å². The summed E-state index contributed by atoms with van der Waals surface area (Å²) in [6, 6.07) is 8.08. The third kappa shape index (κ3) is 6.10. The molecule has 0 radical (unpaired) electrons. The molecule has 0 bridgehead atoms. The van der Waals surface area contributed by atoms with Crippen molar-refractivity contribution in [2.45, 2.75) is 57.1 Å². The van der Waals surface area contributed by atoms with Crippen LogP contribution in [0.15, 0.2) is 24.3 Å². The average molecular weight is 320 g/mol. The summed E-state index contributed by atoms with van der Waals surface area (Å²) in [7, 11) is 1.66. The number of carbonyl (C=O) groups is 1. The molecule has 0 saturated heterocycles. The lowest BCUT2D eigenvalue weighted by Crippen LogP contribution is -2.38. The lowest BCUT2D eigenvalue weighted by molar-refractivity contribution is -0.122. The Hall–Kier alpha value is -1.75. The fourth-order valence-electron chi connectivity index (χ4n) is 2.94. The number of ether oxygens (including phenoxy) is 1. The Morgan fingerprint density at radius 2 is 1.96 bits per heavy atom. The molecule has 1 aliphatic rings. The van der Waals surface area contributed by atoms with Gasteiger partial charge in [0, 0.05) is 19.0 Å². The van der Waals surface area contributed by atoms with Crippen LogP contribution in [0.5, 0.6) is 5.75 Å². The summed E-state index contributed by atoms with van der Waals surface area (Å²) in [6.07, 6.45) is 5.57. The maximum Gasteiger partial charge on any atom is 0.220 e. The van der Waals surface area contributed by atoms with E-state index in [2.05, 4.69) is 10.6 Å². The Balaban J connectivity index is 1.57. The molecule has 0 heterocycles. The number of aliphatic hydroxyl groups is 1. The van der Waals surface area contributed by atoms with E-state index in [1.165, 1.54) is 0 Å². The number of carbonyl (C=O) groups excluding carboxylic acids is 1. The Kier molecular flexibility index (Phi) is 7.20. The van der Waals surface area contributed by atoms with Crippen LogP contribution in [0.3, 0.4) is 0 Å². The Morgan fingerprint density at radius 3 is 2.70 bits per heavy atom. The molecule has 23 heavy (non-hydrogen) atoms. The number of nitrogens with one attached hydrogen (secondary N) is 2. The number of para-hydroxylation sites is 2. The second-order valence-electron chi connectivity index (χ2n) is 6.16. The molecule has 0 unspecified atom stereocenters. The fourth-order valence-corrected chi connectivity index (χ4v) is 2.94. The minimum atomic E-state index is -0.177. The predicted octanol–water partition coefficient (Wildman–Crippen LogP) is 2.70. The average Bonchev–Trinajstić information content (AvgIpc) is 2.57. The number of hydrogen-bond acceptors (Lipinski definition) is 4. The Morgan fingerprint density at radius 1 is 1.22 bits per heavy atom. The summed E-state index contributed by atoms with van der Waals surface area (Å²) >= 11 is 0. The van der Waals surface area contributed by atoms with Gasteiger partial charge in [-0.2, -0.15) is 0 Å². The van der Waals surface area contributed by atoms with Gasteiger partial charge in [-0.1, -0.05) is 12.1 Å². The summed E-state index contributed by atoms with van der Waals surface area (Å²) in [5, 5.41) is 15.9. The standard InChI is InChI=1S/C18H28N2O3/c1-23-17-7-3-2-6-16(17)19-13-5-4-8-18(22)20-14-9-11-15(21)12-10-14/h2-3,6-7,14-15,19,21H,4-5,8-13H2,1H3,(H,20,22). The lowest BCUT2D eigenvalue weighted by atomic mass is 9.93. The predicted molar refractivity (Wildman–Crippen MR) is 91.7 cm³/mol. The molecule has 5 heteroatoms. The van der Waals surface area contributed by atoms with E-state index in [1.54, 1.807) is 7.11 Å². The first-order chi connectivity index (χ1) is 11.2. The maximum absolute atomic E-state index is 11.9. The van der Waals surface area contributed by atoms with Crippen molar-refractivity contribution in [3.63, 3.8) is 0 Å². The molecule has 3 N–H and O–H groups in total. The highest BCUT2D eigenvalue weighted by atomic mass is 16.5. The minimum Gasteiger partial charge on any atom is -0.495 e. The van der Waals surface area contributed by atoms with Crippen molar-refractivity contribution >= 4 is 11.6 Å². The number of benzene rings is 1. The number of aliphatic hydroxyl groups excluding tert-OH is 1. The monoisotopic (exact) mass is 320 g/mol. The van der Waals surface area contributed by atoms with Crippen LogP contribution in [0, 0.1) is 0 Å². The number of hydrogen-bond donors (Lipinski definition) is 3. The van der Waals surface area contributed by atoms with Gasteiger partial charge in [0.25, 0.3) is 0 Å². The molecule has 0 aliphatic heterocycles. The van der Waals surface area contributed by atoms with Crippen LogP contribution in [0.1, 0.15) is 44.9 Å². The summed E-state index contributed by atoms with van der Waals surface area (Å²) in [4.78, 5) is 11.9. The number of anilines is 1. The Bertz CT molecular complexity index is 485. The highest BCUT2D eigenvalue weighted by Gasteiger charge is 2.20. The third-order valence-electron chi connectivity index (χ3n) is 4.31. The minimum absolute atomic E-state index is 0.128. The van der Waals surface area contributed by atoms with Crippen molar-refractivity contribution in [1.29, 1.82) is 0 Å². The number of amides is 1. The molecule has 1 aromatic rings. The van der Waals surface area contributed by atoms with Crippen LogP contribution in [0.25, 0.3) is 0 Å². The highest BCUT2D eigenvalue weighted by Crippen LogP contribution is 2.23. The van der Waals surface area contributed by atoms with Crippen LogP contribution in [0.4, 0.5) is 5.69 Å². The summed E-state index contributed by atoms with van der Waals surface area (Å²) in [5.74, 6) is 0.966. The molecule has 128 valence electrons. The topological polar surface area (TPSA) is 70.6 Å². The molecule has 0 aromatic heterocycles. The van der Waals surface area contributed by atoms with E-state index in [-0.39, 0.29) is 18.1 Å². The summed E-state index contributed by atoms with van der Waals surface area (Å²) in [6.45, 7) is 0.823. The van der Waals surface area contributed by atoms with Gasteiger partial charge in [-0.25, -0.2) is 0 Å². The van der Waals surface area contributed by atoms with E-state index in [1.807, 2.05) is 24.3 Å². The molecule has 0 atom stereocenters. The van der Waals surface area contributed by atoms with Gasteiger partial charge in [-0.3, -0.25) is 4.79 Å². The van der Waals surface area contributed by atoms with E-state index < -0.39 is 0 Å². The van der Waals surface area contributed by atoms with Gasteiger partial charge in [0.15, 0.2) is 0 Å². The first-order valence-corrected chi connectivity index (χ1v) is 8.53. The molecule has 1 amide bonds. The smallest absolute Gasteiger partial charge is 0.220 e. The van der Waals surface area contributed by atoms with Crippen LogP contribution in [0.2, 0.25) is 0 Å².